The van der Waals surface area contributed by atoms with Gasteiger partial charge >= 0.3 is 0 Å². The third-order valence-corrected chi connectivity index (χ3v) is 2.16. The van der Waals surface area contributed by atoms with E-state index in [4.69, 9.17) is 5.26 Å². The summed E-state index contributed by atoms with van der Waals surface area (Å²) in [7, 11) is 0. The molecule has 0 fully saturated rings. The van der Waals surface area contributed by atoms with Gasteiger partial charge in [0, 0.05) is 16.9 Å². The first-order valence-electron chi connectivity index (χ1n) is 5.04. The Morgan fingerprint density at radius 2 is 2.44 bits per heavy atom. The van der Waals surface area contributed by atoms with E-state index >= 15 is 0 Å². The fourth-order valence-corrected chi connectivity index (χ4v) is 0.997. The lowest BCUT2D eigenvalue weighted by molar-refractivity contribution is 0.365. The predicted octanol–water partition coefficient (Wildman–Crippen LogP) is 2.42. The molecule has 1 atom stereocenters. The van der Waals surface area contributed by atoms with E-state index in [1.807, 2.05) is 6.92 Å². The fraction of sp³-hybridized carbons (Fsp3) is 0.455. The van der Waals surface area contributed by atoms with Crippen LogP contribution in [0, 0.1) is 17.2 Å². The third kappa shape index (κ3) is 7.21. The molecular weight excluding hydrogens is 268 g/mol. The summed E-state index contributed by atoms with van der Waals surface area (Å²) < 4.78 is 0.840. The van der Waals surface area contributed by atoms with Crippen molar-refractivity contribution in [3.63, 3.8) is 0 Å². The summed E-state index contributed by atoms with van der Waals surface area (Å²) in [4.78, 5) is 0. The molecule has 0 spiro atoms. The van der Waals surface area contributed by atoms with Crippen LogP contribution in [0.3, 0.4) is 0 Å². The molecule has 0 bridgehead atoms. The molecule has 0 aromatic heterocycles. The molecule has 0 rings (SSSR count). The number of nitriles is 1. The highest BCUT2D eigenvalue weighted by Gasteiger charge is 1.98. The number of hydrazone groups is 1. The minimum Gasteiger partial charge on any atom is -0.299 e. The Labute approximate surface area is 105 Å². The monoisotopic (exact) mass is 284 g/mol. The highest BCUT2D eigenvalue weighted by atomic mass is 79.9. The molecule has 1 unspecified atom stereocenters. The number of nitrogens with zero attached hydrogens (tertiary/aromatic N) is 3. The van der Waals surface area contributed by atoms with Crippen molar-refractivity contribution < 1.29 is 0 Å². The van der Waals surface area contributed by atoms with Crippen molar-refractivity contribution in [1.82, 2.24) is 10.3 Å². The quantitative estimate of drug-likeness (QED) is 0.338. The lowest BCUT2D eigenvalue weighted by atomic mass is 10.2. The smallest absolute Gasteiger partial charge is 0.0903 e. The van der Waals surface area contributed by atoms with E-state index in [0.717, 1.165) is 11.0 Å². The molecule has 1 N–H and O–H groups in total. The van der Waals surface area contributed by atoms with E-state index in [2.05, 4.69) is 39.0 Å². The van der Waals surface area contributed by atoms with E-state index in [-0.39, 0.29) is 5.92 Å². The molecule has 0 aliphatic carbocycles. The Kier molecular flexibility index (Phi) is 8.49. The summed E-state index contributed by atoms with van der Waals surface area (Å²) >= 11 is 3.33. The van der Waals surface area contributed by atoms with Crippen molar-refractivity contribution >= 4 is 22.1 Å². The van der Waals surface area contributed by atoms with Gasteiger partial charge in [0.25, 0.3) is 0 Å². The lowest BCUT2D eigenvalue weighted by Gasteiger charge is -2.15. The van der Waals surface area contributed by atoms with Crippen molar-refractivity contribution in [2.24, 2.45) is 11.0 Å². The van der Waals surface area contributed by atoms with Gasteiger partial charge < -0.3 is 0 Å². The maximum atomic E-state index is 8.64. The molecule has 0 aliphatic rings. The van der Waals surface area contributed by atoms with Gasteiger partial charge in [-0.1, -0.05) is 19.6 Å². The van der Waals surface area contributed by atoms with Gasteiger partial charge in [0.2, 0.25) is 0 Å². The van der Waals surface area contributed by atoms with Crippen molar-refractivity contribution in [3.05, 3.63) is 23.3 Å². The molecule has 0 heterocycles. The largest absolute Gasteiger partial charge is 0.299 e. The number of hydrogen-bond acceptors (Lipinski definition) is 4. The Bertz CT molecular complexity index is 304. The van der Waals surface area contributed by atoms with Crippen LogP contribution in [0.5, 0.6) is 0 Å². The molecule has 0 aromatic carbocycles. The van der Waals surface area contributed by atoms with Gasteiger partial charge in [0.15, 0.2) is 0 Å². The maximum Gasteiger partial charge on any atom is 0.0903 e. The van der Waals surface area contributed by atoms with Gasteiger partial charge in [-0.25, -0.2) is 0 Å². The topological polar surface area (TPSA) is 51.4 Å². The van der Waals surface area contributed by atoms with Gasteiger partial charge in [0.1, 0.15) is 0 Å². The molecule has 0 aromatic rings. The second-order valence-corrected chi connectivity index (χ2v) is 4.02. The fourth-order valence-electron chi connectivity index (χ4n) is 0.760. The molecule has 4 nitrogen and oxygen atoms in total. The average molecular weight is 285 g/mol. The molecule has 0 saturated heterocycles. The van der Waals surface area contributed by atoms with Crippen molar-refractivity contribution in [1.29, 1.82) is 5.26 Å². The second kappa shape index (κ2) is 9.13. The normalized spacial score (nSPS) is 13.5. The van der Waals surface area contributed by atoms with E-state index < -0.39 is 0 Å². The van der Waals surface area contributed by atoms with Gasteiger partial charge in [-0.3, -0.25) is 10.3 Å². The predicted molar refractivity (Wildman–Crippen MR) is 70.9 cm³/mol. The van der Waals surface area contributed by atoms with Crippen LogP contribution in [0.2, 0.25) is 0 Å². The van der Waals surface area contributed by atoms with Gasteiger partial charge in [0.05, 0.1) is 18.7 Å². The highest BCUT2D eigenvalue weighted by Crippen LogP contribution is 2.07. The van der Waals surface area contributed by atoms with Crippen LogP contribution in [-0.4, -0.2) is 24.4 Å². The number of rotatable bonds is 7. The molecule has 5 heteroatoms. The van der Waals surface area contributed by atoms with Crippen LogP contribution in [0.4, 0.5) is 0 Å². The molecule has 0 radical (unpaired) electrons. The summed E-state index contributed by atoms with van der Waals surface area (Å²) in [5.41, 5.74) is 0. The van der Waals surface area contributed by atoms with E-state index in [1.165, 1.54) is 0 Å². The number of hydrogen-bond donors (Lipinski definition) is 1. The summed E-state index contributed by atoms with van der Waals surface area (Å²) in [6.07, 6.45) is 5.09. The highest BCUT2D eigenvalue weighted by molar-refractivity contribution is 9.11. The molecule has 0 saturated carbocycles. The zero-order valence-corrected chi connectivity index (χ0v) is 11.2. The minimum absolute atomic E-state index is 0.194. The van der Waals surface area contributed by atoms with Crippen molar-refractivity contribution in [2.75, 3.05) is 13.2 Å². The number of allylic oxidation sites excluding steroid dienone is 2. The Balaban J connectivity index is 4.49. The second-order valence-electron chi connectivity index (χ2n) is 3.10. The first-order valence-corrected chi connectivity index (χ1v) is 5.84. The van der Waals surface area contributed by atoms with Crippen molar-refractivity contribution in [2.45, 2.75) is 13.8 Å². The zero-order chi connectivity index (χ0) is 12.4. The standard InChI is InChI=1S/C11H17BrN4/c1-4-11(12)8-16(9-14-5-2)15-7-10(3)6-13/h4,7-8,10,14H,1,5,9H2,2-3H3/b11-8+,15-7-. The molecule has 0 amide bonds. The van der Waals surface area contributed by atoms with Crippen LogP contribution in [0.25, 0.3) is 0 Å². The molecular formula is C11H17BrN4. The zero-order valence-electron chi connectivity index (χ0n) is 9.65. The maximum absolute atomic E-state index is 8.64. The van der Waals surface area contributed by atoms with Gasteiger partial charge in [-0.05, 0) is 29.4 Å². The number of halogens is 1. The van der Waals surface area contributed by atoms with Crippen LogP contribution in [0.1, 0.15) is 13.8 Å². The first kappa shape index (κ1) is 14.9. The molecule has 0 aliphatic heterocycles. The van der Waals surface area contributed by atoms with Crippen molar-refractivity contribution in [3.8, 4) is 6.07 Å². The Hall–Kier alpha value is -1.12. The number of nitrogens with one attached hydrogen (secondary N) is 1. The van der Waals surface area contributed by atoms with E-state index in [0.29, 0.717) is 6.67 Å². The van der Waals surface area contributed by atoms with E-state index in [1.54, 1.807) is 30.4 Å². The summed E-state index contributed by atoms with van der Waals surface area (Å²) in [6.45, 7) is 8.90. The van der Waals surface area contributed by atoms with Crippen LogP contribution < -0.4 is 5.32 Å². The van der Waals surface area contributed by atoms with Crippen LogP contribution in [0.15, 0.2) is 28.4 Å². The first-order chi connectivity index (χ1) is 7.63. The summed E-state index contributed by atoms with van der Waals surface area (Å²) in [5, 5.41) is 17.7. The van der Waals surface area contributed by atoms with E-state index in [9.17, 15) is 0 Å². The summed E-state index contributed by atoms with van der Waals surface area (Å²) in [5.74, 6) is -0.194. The Morgan fingerprint density at radius 3 is 2.94 bits per heavy atom. The van der Waals surface area contributed by atoms with Gasteiger partial charge in [-0.15, -0.1) is 0 Å². The average Bonchev–Trinajstić information content (AvgIpc) is 2.31. The SMILES string of the molecule is C=C/C(Br)=C\N(CNCC)/N=C\C(C)C#N. The van der Waals surface area contributed by atoms with Crippen LogP contribution >= 0.6 is 15.9 Å². The third-order valence-electron chi connectivity index (χ3n) is 1.63. The summed E-state index contributed by atoms with van der Waals surface area (Å²) in [6, 6.07) is 2.09. The van der Waals surface area contributed by atoms with Gasteiger partial charge in [-0.2, -0.15) is 10.4 Å². The minimum atomic E-state index is -0.194. The van der Waals surface area contributed by atoms with Crippen LogP contribution in [-0.2, 0) is 0 Å². The lowest BCUT2D eigenvalue weighted by Crippen LogP contribution is -2.27. The molecule has 16 heavy (non-hydrogen) atoms. The Morgan fingerprint density at radius 1 is 1.75 bits per heavy atom. The molecule has 88 valence electrons.